The van der Waals surface area contributed by atoms with E-state index in [-0.39, 0.29) is 5.41 Å². The Morgan fingerprint density at radius 1 is 0.629 bits per heavy atom. The molecule has 0 aliphatic carbocycles. The van der Waals surface area contributed by atoms with Crippen molar-refractivity contribution in [1.29, 1.82) is 0 Å². The van der Waals surface area contributed by atoms with Gasteiger partial charge in [-0.05, 0) is 119 Å². The van der Waals surface area contributed by atoms with E-state index >= 15 is 0 Å². The molecule has 10 aromatic rings. The smallest absolute Gasteiger partial charge is 0.198 e. The average Bonchev–Trinajstić information content (AvgIpc) is 3.84. The predicted molar refractivity (Wildman–Crippen MR) is 266 cm³/mol. The van der Waals surface area contributed by atoms with E-state index in [9.17, 15) is 0 Å². The predicted octanol–water partition coefficient (Wildman–Crippen LogP) is 14.3. The third-order valence-corrected chi connectivity index (χ3v) is 13.0. The van der Waals surface area contributed by atoms with Gasteiger partial charge in [0.2, 0.25) is 0 Å². The summed E-state index contributed by atoms with van der Waals surface area (Å²) in [6.45, 7) is 9.21. The number of para-hydroxylation sites is 4. The first-order valence-electron chi connectivity index (χ1n) is 22.3. The van der Waals surface area contributed by atoms with Crippen LogP contribution in [0.4, 0.5) is 28.4 Å². The second-order valence-corrected chi connectivity index (χ2v) is 18.0. The van der Waals surface area contributed by atoms with E-state index in [4.69, 9.17) is 4.42 Å². The summed E-state index contributed by atoms with van der Waals surface area (Å²) >= 11 is 0. The lowest BCUT2D eigenvalue weighted by Gasteiger charge is -2.30. The van der Waals surface area contributed by atoms with Gasteiger partial charge in [-0.25, -0.2) is 0 Å². The number of anilines is 5. The van der Waals surface area contributed by atoms with Crippen molar-refractivity contribution in [3.05, 3.63) is 181 Å². The molecule has 5 heteroatoms. The minimum absolute atomic E-state index is 0.0393. The van der Waals surface area contributed by atoms with Gasteiger partial charge in [-0.2, -0.15) is 0 Å². The number of nitrogens with one attached hydrogen (secondary N) is 1. The number of nitrogens with zero attached hydrogens (tertiary/aromatic N) is 2. The molecular weight excluding hydrogens is 753 g/mol. The van der Waals surface area contributed by atoms with Crippen molar-refractivity contribution >= 4 is 90.4 Å². The van der Waals surface area contributed by atoms with Crippen molar-refractivity contribution in [2.24, 2.45) is 0 Å². The van der Waals surface area contributed by atoms with Crippen LogP contribution in [0.3, 0.4) is 0 Å². The number of hydrogen-bond acceptors (Lipinski definition) is 3. The number of fused-ring (bicyclic) bond motifs is 8. The van der Waals surface area contributed by atoms with E-state index in [1.807, 2.05) is 0 Å². The summed E-state index contributed by atoms with van der Waals surface area (Å²) in [6.07, 6.45) is 4.83. The number of rotatable bonds is 10. The summed E-state index contributed by atoms with van der Waals surface area (Å²) in [6, 6.07) is 62.4. The molecule has 0 atom stereocenters. The Bertz CT molecular complexity index is 3240. The molecule has 11 rings (SSSR count). The van der Waals surface area contributed by atoms with Crippen LogP contribution in [0.1, 0.15) is 58.1 Å². The fourth-order valence-corrected chi connectivity index (χ4v) is 9.81. The van der Waals surface area contributed by atoms with Crippen LogP contribution in [0.2, 0.25) is 0 Å². The minimum Gasteiger partial charge on any atom is -0.456 e. The van der Waals surface area contributed by atoms with E-state index in [1.165, 1.54) is 79.9 Å². The molecule has 0 spiro atoms. The molecule has 302 valence electrons. The van der Waals surface area contributed by atoms with E-state index in [1.54, 1.807) is 0 Å². The van der Waals surface area contributed by atoms with Crippen LogP contribution >= 0.6 is 0 Å². The zero-order valence-electron chi connectivity index (χ0n) is 36.0. The van der Waals surface area contributed by atoms with Gasteiger partial charge in [-0.15, -0.1) is 0 Å². The molecule has 0 radical (unpaired) electrons. The van der Waals surface area contributed by atoms with Crippen LogP contribution in [0, 0.1) is 0 Å². The van der Waals surface area contributed by atoms with Gasteiger partial charge in [0, 0.05) is 55.5 Å². The Balaban J connectivity index is 1.23. The first-order valence-corrected chi connectivity index (χ1v) is 22.3. The molecule has 0 bridgehead atoms. The van der Waals surface area contributed by atoms with Gasteiger partial charge in [0.05, 0.1) is 16.7 Å². The Morgan fingerprint density at radius 2 is 1.34 bits per heavy atom. The molecule has 0 amide bonds. The Labute approximate surface area is 364 Å². The molecule has 0 unspecified atom stereocenters. The number of hydrogen-bond donors (Lipinski definition) is 1. The lowest BCUT2D eigenvalue weighted by Crippen LogP contribution is -2.37. The molecule has 1 aliphatic heterocycles. The zero-order valence-corrected chi connectivity index (χ0v) is 36.0. The molecule has 4 nitrogen and oxygen atoms in total. The molecule has 0 saturated heterocycles. The number of benzene rings is 8. The highest BCUT2D eigenvalue weighted by Crippen LogP contribution is 2.48. The first-order chi connectivity index (χ1) is 30.3. The Morgan fingerprint density at radius 3 is 2.08 bits per heavy atom. The SMILES string of the molecule is CCCCCc1ccc(Nc2ccccc2-c2cc(N(c3ccccc3)c3ccccc3)c3c4cc(C(C)(C)C)ccc4n4c3c2Bc2cc3oc5ccccc5c3cc2-4)cc1. The van der Waals surface area contributed by atoms with E-state index in [0.29, 0.717) is 0 Å². The molecule has 0 saturated carbocycles. The summed E-state index contributed by atoms with van der Waals surface area (Å²) in [5, 5.41) is 8.67. The number of aryl methyl sites for hydroxylation is 1. The summed E-state index contributed by atoms with van der Waals surface area (Å²) < 4.78 is 9.13. The van der Waals surface area contributed by atoms with Crippen LogP contribution in [0.15, 0.2) is 174 Å². The van der Waals surface area contributed by atoms with Gasteiger partial charge in [0.15, 0.2) is 7.28 Å². The molecule has 1 aliphatic rings. The molecule has 3 heterocycles. The topological polar surface area (TPSA) is 33.3 Å². The lowest BCUT2D eigenvalue weighted by atomic mass is 9.58. The van der Waals surface area contributed by atoms with E-state index in [0.717, 1.165) is 64.1 Å². The molecular formula is C57H50BN3O. The van der Waals surface area contributed by atoms with Crippen LogP contribution in [0.5, 0.6) is 0 Å². The van der Waals surface area contributed by atoms with Crippen molar-refractivity contribution in [2.75, 3.05) is 10.2 Å². The summed E-state index contributed by atoms with van der Waals surface area (Å²) in [7, 11) is 0.758. The second-order valence-electron chi connectivity index (χ2n) is 18.0. The second kappa shape index (κ2) is 15.2. The van der Waals surface area contributed by atoms with Gasteiger partial charge >= 0.3 is 0 Å². The fourth-order valence-electron chi connectivity index (χ4n) is 9.81. The lowest BCUT2D eigenvalue weighted by molar-refractivity contribution is 0.591. The van der Waals surface area contributed by atoms with Crippen molar-refractivity contribution in [3.63, 3.8) is 0 Å². The molecule has 62 heavy (non-hydrogen) atoms. The minimum atomic E-state index is -0.0393. The zero-order chi connectivity index (χ0) is 42.0. The quantitative estimate of drug-likeness (QED) is 0.110. The molecule has 0 fully saturated rings. The maximum Gasteiger partial charge on any atom is 0.198 e. The largest absolute Gasteiger partial charge is 0.456 e. The molecule has 2 aromatic heterocycles. The van der Waals surface area contributed by atoms with Gasteiger partial charge in [-0.1, -0.05) is 137 Å². The van der Waals surface area contributed by atoms with Crippen molar-refractivity contribution < 1.29 is 4.42 Å². The van der Waals surface area contributed by atoms with Crippen LogP contribution in [0.25, 0.3) is 60.6 Å². The molecule has 8 aromatic carbocycles. The van der Waals surface area contributed by atoms with Crippen LogP contribution in [-0.2, 0) is 11.8 Å². The third-order valence-electron chi connectivity index (χ3n) is 13.0. The maximum absolute atomic E-state index is 6.56. The highest BCUT2D eigenvalue weighted by Gasteiger charge is 2.32. The highest BCUT2D eigenvalue weighted by atomic mass is 16.3. The fraction of sp³-hybridized carbons (Fsp3) is 0.158. The van der Waals surface area contributed by atoms with Gasteiger partial charge in [0.1, 0.15) is 11.2 Å². The summed E-state index contributed by atoms with van der Waals surface area (Å²) in [5.41, 5.74) is 18.6. The maximum atomic E-state index is 6.56. The number of unbranched alkanes of at least 4 members (excludes halogenated alkanes) is 2. The summed E-state index contributed by atoms with van der Waals surface area (Å²) in [5.74, 6) is 0. The monoisotopic (exact) mass is 803 g/mol. The summed E-state index contributed by atoms with van der Waals surface area (Å²) in [4.78, 5) is 2.46. The standard InChI is InChI=1S/C57H50BN3O/c1-5-6-9-18-37-27-30-39(31-28-37)59-48-25-16-14-23-42(48)45-35-51(60(40-19-10-7-11-20-40)41-21-12-8-13-22-41)54-46-33-38(57(2,3)4)29-32-49(46)61-50-34-44-43-24-15-17-26-52(43)62-53(44)36-47(50)58-55(45)56(54)61/h7-8,10-17,19-36,58-59H,5-6,9,18H2,1-4H3. The average molecular weight is 804 g/mol. The van der Waals surface area contributed by atoms with Gasteiger partial charge in [0.25, 0.3) is 0 Å². The third kappa shape index (κ3) is 6.46. The van der Waals surface area contributed by atoms with Crippen molar-refractivity contribution in [3.8, 4) is 16.8 Å². The first kappa shape index (κ1) is 38.0. The number of aromatic nitrogens is 1. The normalized spacial score (nSPS) is 12.3. The Kier molecular flexibility index (Phi) is 9.30. The van der Waals surface area contributed by atoms with E-state index < -0.39 is 0 Å². The van der Waals surface area contributed by atoms with Gasteiger partial charge in [-0.3, -0.25) is 0 Å². The van der Waals surface area contributed by atoms with Crippen LogP contribution in [-0.4, -0.2) is 11.8 Å². The van der Waals surface area contributed by atoms with Crippen molar-refractivity contribution in [1.82, 2.24) is 4.57 Å². The highest BCUT2D eigenvalue weighted by molar-refractivity contribution is 6.74. The van der Waals surface area contributed by atoms with Crippen molar-refractivity contribution in [2.45, 2.75) is 58.8 Å². The molecule has 1 N–H and O–H groups in total. The number of furan rings is 1. The van der Waals surface area contributed by atoms with Gasteiger partial charge < -0.3 is 19.2 Å². The Hall–Kier alpha value is -6.98. The van der Waals surface area contributed by atoms with E-state index in [2.05, 4.69) is 212 Å². The van der Waals surface area contributed by atoms with Crippen LogP contribution < -0.4 is 21.1 Å².